The number of anilines is 1. The van der Waals surface area contributed by atoms with Crippen LogP contribution >= 0.6 is 0 Å². The van der Waals surface area contributed by atoms with Crippen LogP contribution < -0.4 is 10.5 Å². The van der Waals surface area contributed by atoms with Gasteiger partial charge in [0.15, 0.2) is 0 Å². The first-order valence-corrected chi connectivity index (χ1v) is 7.63. The van der Waals surface area contributed by atoms with Gasteiger partial charge in [-0.25, -0.2) is 17.5 Å². The summed E-state index contributed by atoms with van der Waals surface area (Å²) in [5, 5.41) is 0. The van der Waals surface area contributed by atoms with Crippen LogP contribution in [0.3, 0.4) is 0 Å². The number of hydrogen-bond donors (Lipinski definition) is 2. The van der Waals surface area contributed by atoms with E-state index in [4.69, 9.17) is 10.5 Å². The highest BCUT2D eigenvalue weighted by Gasteiger charge is 2.20. The standard InChI is InChI=1S/C12H17FN2O3S/c13-9-3-4-11(14)12(8-9)19(16,17)15-6-5-10-2-1-7-18-10/h3-4,8,10,15H,1-2,5-7,14H2. The summed E-state index contributed by atoms with van der Waals surface area (Å²) in [6.45, 7) is 0.983. The number of hydrogen-bond acceptors (Lipinski definition) is 4. The van der Waals surface area contributed by atoms with Gasteiger partial charge in [0.1, 0.15) is 10.7 Å². The number of nitrogens with one attached hydrogen (secondary N) is 1. The molecule has 1 unspecified atom stereocenters. The van der Waals surface area contributed by atoms with Crippen molar-refractivity contribution in [3.63, 3.8) is 0 Å². The summed E-state index contributed by atoms with van der Waals surface area (Å²) in [5.74, 6) is -0.631. The molecule has 5 nitrogen and oxygen atoms in total. The molecule has 0 bridgehead atoms. The third kappa shape index (κ3) is 3.65. The van der Waals surface area contributed by atoms with E-state index in [1.54, 1.807) is 0 Å². The molecule has 1 atom stereocenters. The van der Waals surface area contributed by atoms with Gasteiger partial charge in [0, 0.05) is 13.2 Å². The van der Waals surface area contributed by atoms with Gasteiger partial charge in [-0.1, -0.05) is 0 Å². The Morgan fingerprint density at radius 2 is 2.26 bits per heavy atom. The lowest BCUT2D eigenvalue weighted by molar-refractivity contribution is 0.105. The quantitative estimate of drug-likeness (QED) is 0.799. The van der Waals surface area contributed by atoms with Gasteiger partial charge in [-0.15, -0.1) is 0 Å². The van der Waals surface area contributed by atoms with E-state index in [0.29, 0.717) is 6.42 Å². The van der Waals surface area contributed by atoms with Crippen LogP contribution in [-0.4, -0.2) is 27.7 Å². The van der Waals surface area contributed by atoms with E-state index < -0.39 is 15.8 Å². The number of benzene rings is 1. The van der Waals surface area contributed by atoms with Crippen molar-refractivity contribution in [2.45, 2.75) is 30.3 Å². The Morgan fingerprint density at radius 1 is 1.47 bits per heavy atom. The van der Waals surface area contributed by atoms with Crippen molar-refractivity contribution in [3.05, 3.63) is 24.0 Å². The first-order chi connectivity index (χ1) is 8.99. The van der Waals surface area contributed by atoms with Crippen molar-refractivity contribution in [3.8, 4) is 0 Å². The minimum Gasteiger partial charge on any atom is -0.398 e. The van der Waals surface area contributed by atoms with E-state index in [9.17, 15) is 12.8 Å². The Hall–Kier alpha value is -1.18. The van der Waals surface area contributed by atoms with E-state index in [0.717, 1.165) is 31.6 Å². The minimum atomic E-state index is -3.78. The molecule has 7 heteroatoms. The fourth-order valence-corrected chi connectivity index (χ4v) is 3.23. The highest BCUT2D eigenvalue weighted by atomic mass is 32.2. The summed E-state index contributed by atoms with van der Waals surface area (Å²) in [5.41, 5.74) is 5.59. The molecule has 106 valence electrons. The average molecular weight is 288 g/mol. The zero-order chi connectivity index (χ0) is 13.9. The molecule has 1 aromatic rings. The topological polar surface area (TPSA) is 81.4 Å². The number of sulfonamides is 1. The first-order valence-electron chi connectivity index (χ1n) is 6.15. The smallest absolute Gasteiger partial charge is 0.242 e. The lowest BCUT2D eigenvalue weighted by Crippen LogP contribution is -2.28. The van der Waals surface area contributed by atoms with Crippen molar-refractivity contribution in [1.82, 2.24) is 4.72 Å². The summed E-state index contributed by atoms with van der Waals surface area (Å²) in [6, 6.07) is 3.29. The Kier molecular flexibility index (Phi) is 4.38. The van der Waals surface area contributed by atoms with Gasteiger partial charge in [-0.3, -0.25) is 0 Å². The van der Waals surface area contributed by atoms with Crippen molar-refractivity contribution in [2.75, 3.05) is 18.9 Å². The maximum absolute atomic E-state index is 13.1. The number of ether oxygens (including phenoxy) is 1. The molecule has 2 rings (SSSR count). The molecule has 19 heavy (non-hydrogen) atoms. The predicted octanol–water partition coefficient (Wildman–Crippen LogP) is 1.26. The van der Waals surface area contributed by atoms with Crippen LogP contribution in [0.1, 0.15) is 19.3 Å². The molecule has 0 radical (unpaired) electrons. The zero-order valence-electron chi connectivity index (χ0n) is 10.4. The first kappa shape index (κ1) is 14.2. The number of halogens is 1. The van der Waals surface area contributed by atoms with Crippen molar-refractivity contribution < 1.29 is 17.5 Å². The number of nitrogens with two attached hydrogens (primary N) is 1. The van der Waals surface area contributed by atoms with E-state index >= 15 is 0 Å². The highest BCUT2D eigenvalue weighted by Crippen LogP contribution is 2.19. The second-order valence-electron chi connectivity index (χ2n) is 4.50. The predicted molar refractivity (Wildman–Crippen MR) is 69.6 cm³/mol. The molecule has 0 saturated carbocycles. The Labute approximate surface area is 112 Å². The second-order valence-corrected chi connectivity index (χ2v) is 6.24. The second kappa shape index (κ2) is 5.85. The third-order valence-electron chi connectivity index (χ3n) is 3.05. The average Bonchev–Trinajstić information content (AvgIpc) is 2.85. The summed E-state index contributed by atoms with van der Waals surface area (Å²) in [6.07, 6.45) is 2.67. The molecule has 0 amide bonds. The Morgan fingerprint density at radius 3 is 2.95 bits per heavy atom. The lowest BCUT2D eigenvalue weighted by atomic mass is 10.2. The largest absolute Gasteiger partial charge is 0.398 e. The highest BCUT2D eigenvalue weighted by molar-refractivity contribution is 7.89. The molecular formula is C12H17FN2O3S. The monoisotopic (exact) mass is 288 g/mol. The molecule has 1 aliphatic heterocycles. The van der Waals surface area contributed by atoms with Gasteiger partial charge in [0.05, 0.1) is 11.8 Å². The van der Waals surface area contributed by atoms with Crippen molar-refractivity contribution >= 4 is 15.7 Å². The van der Waals surface area contributed by atoms with Gasteiger partial charge in [0.2, 0.25) is 10.0 Å². The van der Waals surface area contributed by atoms with Crippen LogP contribution in [0, 0.1) is 5.82 Å². The third-order valence-corrected chi connectivity index (χ3v) is 4.56. The maximum atomic E-state index is 13.1. The van der Waals surface area contributed by atoms with Gasteiger partial charge < -0.3 is 10.5 Å². The fraction of sp³-hybridized carbons (Fsp3) is 0.500. The van der Waals surface area contributed by atoms with Crippen LogP contribution in [0.25, 0.3) is 0 Å². The lowest BCUT2D eigenvalue weighted by Gasteiger charge is -2.11. The van der Waals surface area contributed by atoms with E-state index in [1.807, 2.05) is 0 Å². The zero-order valence-corrected chi connectivity index (χ0v) is 11.2. The molecule has 0 aromatic heterocycles. The molecule has 1 aromatic carbocycles. The van der Waals surface area contributed by atoms with Crippen LogP contribution in [0.15, 0.2) is 23.1 Å². The molecule has 1 aliphatic rings. The van der Waals surface area contributed by atoms with Crippen LogP contribution in [-0.2, 0) is 14.8 Å². The van der Waals surface area contributed by atoms with Crippen molar-refractivity contribution in [2.24, 2.45) is 0 Å². The van der Waals surface area contributed by atoms with E-state index in [-0.39, 0.29) is 23.2 Å². The Balaban J connectivity index is 1.99. The SMILES string of the molecule is Nc1ccc(F)cc1S(=O)(=O)NCCC1CCCO1. The molecule has 0 spiro atoms. The molecule has 1 saturated heterocycles. The molecule has 3 N–H and O–H groups in total. The van der Waals surface area contributed by atoms with Crippen molar-refractivity contribution in [1.29, 1.82) is 0 Å². The van der Waals surface area contributed by atoms with Gasteiger partial charge in [-0.2, -0.15) is 0 Å². The van der Waals surface area contributed by atoms with E-state index in [1.165, 1.54) is 6.07 Å². The van der Waals surface area contributed by atoms with Crippen LogP contribution in [0.4, 0.5) is 10.1 Å². The van der Waals surface area contributed by atoms with Crippen LogP contribution in [0.5, 0.6) is 0 Å². The number of nitrogen functional groups attached to an aromatic ring is 1. The van der Waals surface area contributed by atoms with Gasteiger partial charge in [-0.05, 0) is 37.5 Å². The normalized spacial score (nSPS) is 19.7. The molecule has 1 fully saturated rings. The maximum Gasteiger partial charge on any atom is 0.242 e. The van der Waals surface area contributed by atoms with Gasteiger partial charge >= 0.3 is 0 Å². The molecular weight excluding hydrogens is 271 g/mol. The number of rotatable bonds is 5. The van der Waals surface area contributed by atoms with Crippen LogP contribution in [0.2, 0.25) is 0 Å². The Bertz CT molecular complexity index is 542. The minimum absolute atomic E-state index is 0.0333. The summed E-state index contributed by atoms with van der Waals surface area (Å²) in [4.78, 5) is -0.222. The molecule has 0 aliphatic carbocycles. The summed E-state index contributed by atoms with van der Waals surface area (Å²) in [7, 11) is -3.78. The summed E-state index contributed by atoms with van der Waals surface area (Å²) >= 11 is 0. The summed E-state index contributed by atoms with van der Waals surface area (Å²) < 4.78 is 44.9. The fourth-order valence-electron chi connectivity index (χ4n) is 2.04. The van der Waals surface area contributed by atoms with Gasteiger partial charge in [0.25, 0.3) is 0 Å². The van der Waals surface area contributed by atoms with E-state index in [2.05, 4.69) is 4.72 Å². The molecule has 1 heterocycles.